The first-order valence-electron chi connectivity index (χ1n) is 5.73. The summed E-state index contributed by atoms with van der Waals surface area (Å²) < 4.78 is 5.92. The molecule has 1 N–H and O–H groups in total. The molecular weight excluding hydrogens is 222 g/mol. The smallest absolute Gasteiger partial charge is 0.122 e. The summed E-state index contributed by atoms with van der Waals surface area (Å²) in [4.78, 5) is 0. The second-order valence-electron chi connectivity index (χ2n) is 4.45. The number of hydrogen-bond acceptors (Lipinski definition) is 2. The van der Waals surface area contributed by atoms with E-state index in [2.05, 4.69) is 37.4 Å². The molecular formula is C13H20ClNO. The lowest BCUT2D eigenvalue weighted by Crippen LogP contribution is -2.37. The second-order valence-corrected chi connectivity index (χ2v) is 4.45. The van der Waals surface area contributed by atoms with Crippen LogP contribution in [0.5, 0.6) is 5.75 Å². The van der Waals surface area contributed by atoms with Crippen molar-refractivity contribution in [3.8, 4) is 5.75 Å². The molecule has 1 unspecified atom stereocenters. The van der Waals surface area contributed by atoms with Gasteiger partial charge in [0.2, 0.25) is 0 Å². The van der Waals surface area contributed by atoms with Crippen LogP contribution in [0.3, 0.4) is 0 Å². The molecule has 16 heavy (non-hydrogen) atoms. The van der Waals surface area contributed by atoms with Gasteiger partial charge in [0.25, 0.3) is 0 Å². The lowest BCUT2D eigenvalue weighted by molar-refractivity contribution is 0.168. The Hall–Kier alpha value is -0.730. The molecule has 1 aliphatic rings. The molecule has 0 bridgehead atoms. The Kier molecular flexibility index (Phi) is 5.10. The molecule has 0 aliphatic carbocycles. The fourth-order valence-electron chi connectivity index (χ4n) is 1.89. The molecule has 2 rings (SSSR count). The number of hydrogen-bond donors (Lipinski definition) is 1. The van der Waals surface area contributed by atoms with Gasteiger partial charge in [0.05, 0.1) is 0 Å². The Bertz CT molecular complexity index is 327. The molecule has 1 aromatic carbocycles. The molecule has 0 spiro atoms. The zero-order valence-corrected chi connectivity index (χ0v) is 10.7. The average Bonchev–Trinajstić information content (AvgIpc) is 2.26. The van der Waals surface area contributed by atoms with Crippen LogP contribution in [0.15, 0.2) is 24.3 Å². The molecule has 2 nitrogen and oxygen atoms in total. The molecule has 0 radical (unpaired) electrons. The highest BCUT2D eigenvalue weighted by Gasteiger charge is 2.18. The van der Waals surface area contributed by atoms with Crippen LogP contribution < -0.4 is 10.1 Å². The Morgan fingerprint density at radius 2 is 2.12 bits per heavy atom. The van der Waals surface area contributed by atoms with E-state index in [9.17, 15) is 0 Å². The van der Waals surface area contributed by atoms with Crippen LogP contribution in [0, 0.1) is 0 Å². The van der Waals surface area contributed by atoms with Crippen molar-refractivity contribution in [1.29, 1.82) is 0 Å². The SMILES string of the molecule is CC(C)NCC1CCc2ccccc2O1.Cl. The number of para-hydroxylation sites is 1. The van der Waals surface area contributed by atoms with Crippen LogP contribution in [0.1, 0.15) is 25.8 Å². The number of nitrogens with one attached hydrogen (secondary N) is 1. The Morgan fingerprint density at radius 1 is 1.38 bits per heavy atom. The summed E-state index contributed by atoms with van der Waals surface area (Å²) in [5.74, 6) is 1.07. The maximum Gasteiger partial charge on any atom is 0.122 e. The molecule has 0 amide bonds. The average molecular weight is 242 g/mol. The standard InChI is InChI=1S/C13H19NO.ClH/c1-10(2)14-9-12-8-7-11-5-3-4-6-13(11)15-12;/h3-6,10,12,14H,7-9H2,1-2H3;1H. The van der Waals surface area contributed by atoms with Crippen molar-refractivity contribution >= 4 is 12.4 Å². The van der Waals surface area contributed by atoms with Crippen LogP contribution in [-0.4, -0.2) is 18.7 Å². The number of ether oxygens (including phenoxy) is 1. The van der Waals surface area contributed by atoms with Gasteiger partial charge in [0.1, 0.15) is 11.9 Å². The van der Waals surface area contributed by atoms with E-state index in [0.29, 0.717) is 12.1 Å². The van der Waals surface area contributed by atoms with Crippen molar-refractivity contribution in [3.63, 3.8) is 0 Å². The van der Waals surface area contributed by atoms with Gasteiger partial charge in [-0.1, -0.05) is 32.0 Å². The van der Waals surface area contributed by atoms with Gasteiger partial charge < -0.3 is 10.1 Å². The monoisotopic (exact) mass is 241 g/mol. The number of benzene rings is 1. The van der Waals surface area contributed by atoms with Gasteiger partial charge in [-0.15, -0.1) is 12.4 Å². The van der Waals surface area contributed by atoms with Crippen LogP contribution in [0.4, 0.5) is 0 Å². The first-order chi connectivity index (χ1) is 7.25. The van der Waals surface area contributed by atoms with Gasteiger partial charge in [0, 0.05) is 12.6 Å². The van der Waals surface area contributed by atoms with Gasteiger partial charge >= 0.3 is 0 Å². The van der Waals surface area contributed by atoms with Crippen molar-refractivity contribution < 1.29 is 4.74 Å². The Morgan fingerprint density at radius 3 is 2.88 bits per heavy atom. The molecule has 1 aliphatic heterocycles. The molecule has 0 aromatic heterocycles. The molecule has 1 heterocycles. The summed E-state index contributed by atoms with van der Waals surface area (Å²) in [7, 11) is 0. The first-order valence-corrected chi connectivity index (χ1v) is 5.73. The largest absolute Gasteiger partial charge is 0.489 e. The van der Waals surface area contributed by atoms with E-state index in [-0.39, 0.29) is 12.4 Å². The van der Waals surface area contributed by atoms with Crippen LogP contribution >= 0.6 is 12.4 Å². The molecule has 90 valence electrons. The fraction of sp³-hybridized carbons (Fsp3) is 0.538. The highest BCUT2D eigenvalue weighted by molar-refractivity contribution is 5.85. The first kappa shape index (κ1) is 13.3. The normalized spacial score (nSPS) is 18.6. The number of fused-ring (bicyclic) bond motifs is 1. The van der Waals surface area contributed by atoms with Crippen LogP contribution in [-0.2, 0) is 6.42 Å². The number of rotatable bonds is 3. The topological polar surface area (TPSA) is 21.3 Å². The van der Waals surface area contributed by atoms with Gasteiger partial charge in [-0.2, -0.15) is 0 Å². The van der Waals surface area contributed by atoms with E-state index in [0.717, 1.165) is 25.1 Å². The zero-order chi connectivity index (χ0) is 10.7. The zero-order valence-electron chi connectivity index (χ0n) is 9.90. The maximum atomic E-state index is 5.92. The lowest BCUT2D eigenvalue weighted by Gasteiger charge is -2.26. The van der Waals surface area contributed by atoms with Gasteiger partial charge in [-0.05, 0) is 24.5 Å². The van der Waals surface area contributed by atoms with Gasteiger partial charge in [0.15, 0.2) is 0 Å². The van der Waals surface area contributed by atoms with E-state index in [1.54, 1.807) is 0 Å². The number of aryl methyl sites for hydroxylation is 1. The van der Waals surface area contributed by atoms with E-state index < -0.39 is 0 Å². The second kappa shape index (κ2) is 6.12. The third kappa shape index (κ3) is 3.39. The van der Waals surface area contributed by atoms with Crippen molar-refractivity contribution in [2.45, 2.75) is 38.8 Å². The minimum atomic E-state index is 0. The third-order valence-electron chi connectivity index (χ3n) is 2.76. The Balaban J connectivity index is 0.00000128. The molecule has 0 saturated heterocycles. The fourth-order valence-corrected chi connectivity index (χ4v) is 1.89. The van der Waals surface area contributed by atoms with E-state index in [1.165, 1.54) is 5.56 Å². The molecule has 1 aromatic rings. The predicted octanol–water partition coefficient (Wildman–Crippen LogP) is 2.80. The summed E-state index contributed by atoms with van der Waals surface area (Å²) in [6, 6.07) is 8.87. The number of halogens is 1. The van der Waals surface area contributed by atoms with E-state index >= 15 is 0 Å². The molecule has 3 heteroatoms. The van der Waals surface area contributed by atoms with Crippen molar-refractivity contribution in [3.05, 3.63) is 29.8 Å². The summed E-state index contributed by atoms with van der Waals surface area (Å²) >= 11 is 0. The lowest BCUT2D eigenvalue weighted by atomic mass is 10.0. The summed E-state index contributed by atoms with van der Waals surface area (Å²) in [6.07, 6.45) is 2.60. The summed E-state index contributed by atoms with van der Waals surface area (Å²) in [6.45, 7) is 5.28. The van der Waals surface area contributed by atoms with Crippen molar-refractivity contribution in [1.82, 2.24) is 5.32 Å². The highest BCUT2D eigenvalue weighted by Crippen LogP contribution is 2.26. The quantitative estimate of drug-likeness (QED) is 0.879. The van der Waals surface area contributed by atoms with Crippen LogP contribution in [0.25, 0.3) is 0 Å². The minimum absolute atomic E-state index is 0. The highest BCUT2D eigenvalue weighted by atomic mass is 35.5. The summed E-state index contributed by atoms with van der Waals surface area (Å²) in [5, 5.41) is 3.42. The van der Waals surface area contributed by atoms with Crippen molar-refractivity contribution in [2.24, 2.45) is 0 Å². The minimum Gasteiger partial charge on any atom is -0.489 e. The van der Waals surface area contributed by atoms with E-state index in [4.69, 9.17) is 4.74 Å². The maximum absolute atomic E-state index is 5.92. The van der Waals surface area contributed by atoms with Crippen LogP contribution in [0.2, 0.25) is 0 Å². The Labute approximate surface area is 104 Å². The van der Waals surface area contributed by atoms with E-state index in [1.807, 2.05) is 6.07 Å². The third-order valence-corrected chi connectivity index (χ3v) is 2.76. The van der Waals surface area contributed by atoms with Gasteiger partial charge in [-0.3, -0.25) is 0 Å². The predicted molar refractivity (Wildman–Crippen MR) is 69.6 cm³/mol. The molecule has 0 saturated carbocycles. The molecule has 1 atom stereocenters. The summed E-state index contributed by atoms with van der Waals surface area (Å²) in [5.41, 5.74) is 1.35. The van der Waals surface area contributed by atoms with Gasteiger partial charge in [-0.25, -0.2) is 0 Å². The van der Waals surface area contributed by atoms with Crippen molar-refractivity contribution in [2.75, 3.05) is 6.54 Å². The molecule has 0 fully saturated rings.